The Labute approximate surface area is 64.5 Å². The molecule has 10 heavy (non-hydrogen) atoms. The van der Waals surface area contributed by atoms with Gasteiger partial charge < -0.3 is 9.47 Å². The van der Waals surface area contributed by atoms with Gasteiger partial charge in [-0.2, -0.15) is 0 Å². The molecule has 0 N–H and O–H groups in total. The van der Waals surface area contributed by atoms with E-state index in [1.165, 1.54) is 0 Å². The molecule has 0 aliphatic carbocycles. The van der Waals surface area contributed by atoms with Crippen LogP contribution >= 0.6 is 0 Å². The molecule has 1 atom stereocenters. The first-order valence-electron chi connectivity index (χ1n) is 3.54. The van der Waals surface area contributed by atoms with E-state index in [0.29, 0.717) is 6.61 Å². The average Bonchev–Trinajstić information content (AvgIpc) is 1.80. The fraction of sp³-hybridized carbons (Fsp3) is 0.857. The van der Waals surface area contributed by atoms with Crippen molar-refractivity contribution in [3.05, 3.63) is 7.11 Å². The van der Waals surface area contributed by atoms with E-state index >= 15 is 0 Å². The van der Waals surface area contributed by atoms with Crippen molar-refractivity contribution in [2.75, 3.05) is 6.61 Å². The lowest BCUT2D eigenvalue weighted by Gasteiger charge is -2.26. The van der Waals surface area contributed by atoms with E-state index in [9.17, 15) is 0 Å². The summed E-state index contributed by atoms with van der Waals surface area (Å²) in [5, 5.41) is 0. The molecule has 1 radical (unpaired) electrons. The molecule has 0 fully saturated rings. The number of ether oxygens (including phenoxy) is 2. The Morgan fingerprint density at radius 2 is 1.90 bits per heavy atom. The summed E-state index contributed by atoms with van der Waals surface area (Å²) in [5.74, 6) is -0.0579. The molecule has 0 amide bonds. The van der Waals surface area contributed by atoms with E-state index in [2.05, 4.69) is 26.8 Å². The Morgan fingerprint density at radius 3 is 2.00 bits per heavy atom. The van der Waals surface area contributed by atoms with Gasteiger partial charge in [0.15, 0.2) is 0 Å². The van der Waals surface area contributed by atoms with Gasteiger partial charge in [0.2, 0.25) is 0 Å². The van der Waals surface area contributed by atoms with Crippen LogP contribution in [0.4, 0.5) is 0 Å². The quantitative estimate of drug-likeness (QED) is 0.464. The summed E-state index contributed by atoms with van der Waals surface area (Å²) in [5.41, 5.74) is 0. The molecule has 0 aromatic carbocycles. The number of hydrogen-bond acceptors (Lipinski definition) is 2. The molecule has 1 unspecified atom stereocenters. The maximum Gasteiger partial charge on any atom is 0.141 e. The molecule has 0 spiro atoms. The van der Waals surface area contributed by atoms with Gasteiger partial charge in [0.05, 0.1) is 7.11 Å². The highest BCUT2D eigenvalue weighted by Gasteiger charge is 2.26. The second-order valence-corrected chi connectivity index (χ2v) is 8.52. The standard InChI is InChI=1S/C7H17O2Si/c1-6-9-7(8-2)10(3,4)5/h7H,2,6H2,1,3-5H3. The molecule has 0 aromatic rings. The summed E-state index contributed by atoms with van der Waals surface area (Å²) < 4.78 is 10.3. The fourth-order valence-corrected chi connectivity index (χ4v) is 1.87. The minimum Gasteiger partial charge on any atom is -0.357 e. The van der Waals surface area contributed by atoms with Crippen molar-refractivity contribution >= 4 is 8.07 Å². The molecule has 0 aliphatic heterocycles. The zero-order chi connectivity index (χ0) is 8.20. The van der Waals surface area contributed by atoms with Gasteiger partial charge in [0.25, 0.3) is 0 Å². The third kappa shape index (κ3) is 3.34. The van der Waals surface area contributed by atoms with Crippen LogP contribution in [0.3, 0.4) is 0 Å². The normalized spacial score (nSPS) is 15.3. The van der Waals surface area contributed by atoms with Gasteiger partial charge in [-0.05, 0) is 6.92 Å². The van der Waals surface area contributed by atoms with Crippen LogP contribution < -0.4 is 0 Å². The SMILES string of the molecule is [CH2]OC(OCC)[Si](C)(C)C. The molecule has 0 bridgehead atoms. The van der Waals surface area contributed by atoms with E-state index in [4.69, 9.17) is 9.47 Å². The summed E-state index contributed by atoms with van der Waals surface area (Å²) in [4.78, 5) is 0. The summed E-state index contributed by atoms with van der Waals surface area (Å²) in [6, 6.07) is 0. The van der Waals surface area contributed by atoms with Crippen LogP contribution in [0.5, 0.6) is 0 Å². The molecule has 0 heterocycles. The smallest absolute Gasteiger partial charge is 0.141 e. The number of rotatable bonds is 4. The molecular formula is C7H17O2Si. The predicted octanol–water partition coefficient (Wildman–Crippen LogP) is 2.03. The van der Waals surface area contributed by atoms with Crippen molar-refractivity contribution < 1.29 is 9.47 Å². The van der Waals surface area contributed by atoms with E-state index < -0.39 is 8.07 Å². The van der Waals surface area contributed by atoms with Crippen LogP contribution in [-0.2, 0) is 9.47 Å². The van der Waals surface area contributed by atoms with Gasteiger partial charge in [-0.15, -0.1) is 0 Å². The summed E-state index contributed by atoms with van der Waals surface area (Å²) in [7, 11) is 2.07. The molecule has 0 aliphatic rings. The van der Waals surface area contributed by atoms with Gasteiger partial charge >= 0.3 is 0 Å². The summed E-state index contributed by atoms with van der Waals surface area (Å²) >= 11 is 0. The maximum absolute atomic E-state index is 5.33. The Balaban J connectivity index is 3.81. The molecule has 0 rings (SSSR count). The molecule has 61 valence electrons. The zero-order valence-electron chi connectivity index (χ0n) is 7.31. The van der Waals surface area contributed by atoms with Crippen molar-refractivity contribution in [3.63, 3.8) is 0 Å². The van der Waals surface area contributed by atoms with Gasteiger partial charge in [-0.1, -0.05) is 19.6 Å². The third-order valence-electron chi connectivity index (χ3n) is 1.18. The second-order valence-electron chi connectivity index (χ2n) is 3.32. The van der Waals surface area contributed by atoms with Crippen LogP contribution in [-0.4, -0.2) is 20.6 Å². The zero-order valence-corrected chi connectivity index (χ0v) is 8.31. The first-order chi connectivity index (χ1) is 4.52. The van der Waals surface area contributed by atoms with E-state index in [0.717, 1.165) is 0 Å². The average molecular weight is 161 g/mol. The van der Waals surface area contributed by atoms with E-state index in [-0.39, 0.29) is 5.91 Å². The topological polar surface area (TPSA) is 18.5 Å². The lowest BCUT2D eigenvalue weighted by Crippen LogP contribution is -2.41. The minimum atomic E-state index is -1.31. The predicted molar refractivity (Wildman–Crippen MR) is 45.2 cm³/mol. The summed E-state index contributed by atoms with van der Waals surface area (Å²) in [6.45, 7) is 9.24. The van der Waals surface area contributed by atoms with E-state index in [1.54, 1.807) is 0 Å². The van der Waals surface area contributed by atoms with Crippen molar-refractivity contribution in [2.24, 2.45) is 0 Å². The lowest BCUT2D eigenvalue weighted by atomic mass is 10.9. The van der Waals surface area contributed by atoms with Gasteiger partial charge in [-0.25, -0.2) is 0 Å². The lowest BCUT2D eigenvalue weighted by molar-refractivity contribution is -0.0537. The van der Waals surface area contributed by atoms with Crippen LogP contribution in [0.15, 0.2) is 0 Å². The first-order valence-corrected chi connectivity index (χ1v) is 7.12. The highest BCUT2D eigenvalue weighted by atomic mass is 28.3. The highest BCUT2D eigenvalue weighted by molar-refractivity contribution is 6.76. The molecular weight excluding hydrogens is 144 g/mol. The molecule has 3 heteroatoms. The van der Waals surface area contributed by atoms with Crippen LogP contribution in [0.2, 0.25) is 19.6 Å². The summed E-state index contributed by atoms with van der Waals surface area (Å²) in [6.07, 6.45) is 0. The van der Waals surface area contributed by atoms with Gasteiger partial charge in [-0.3, -0.25) is 0 Å². The Morgan fingerprint density at radius 1 is 1.40 bits per heavy atom. The van der Waals surface area contributed by atoms with Crippen molar-refractivity contribution in [3.8, 4) is 0 Å². The van der Waals surface area contributed by atoms with Crippen molar-refractivity contribution in [1.82, 2.24) is 0 Å². The van der Waals surface area contributed by atoms with Crippen molar-refractivity contribution in [2.45, 2.75) is 32.5 Å². The van der Waals surface area contributed by atoms with Crippen LogP contribution in [0.25, 0.3) is 0 Å². The largest absolute Gasteiger partial charge is 0.357 e. The maximum atomic E-state index is 5.33. The number of hydrogen-bond donors (Lipinski definition) is 0. The fourth-order valence-electron chi connectivity index (χ4n) is 0.699. The van der Waals surface area contributed by atoms with E-state index in [1.807, 2.05) is 6.92 Å². The van der Waals surface area contributed by atoms with Gasteiger partial charge in [0, 0.05) is 6.61 Å². The molecule has 2 nitrogen and oxygen atoms in total. The van der Waals surface area contributed by atoms with Crippen LogP contribution in [0, 0.1) is 7.11 Å². The molecule has 0 saturated carbocycles. The Hall–Kier alpha value is 0.137. The first kappa shape index (κ1) is 10.1. The molecule has 0 aromatic heterocycles. The minimum absolute atomic E-state index is 0.0579. The monoisotopic (exact) mass is 161 g/mol. The van der Waals surface area contributed by atoms with Crippen LogP contribution in [0.1, 0.15) is 6.92 Å². The Bertz CT molecular complexity index is 88.1. The molecule has 0 saturated heterocycles. The van der Waals surface area contributed by atoms with Crippen molar-refractivity contribution in [1.29, 1.82) is 0 Å². The highest BCUT2D eigenvalue weighted by Crippen LogP contribution is 2.11. The Kier molecular flexibility index (Phi) is 4.16. The van der Waals surface area contributed by atoms with Gasteiger partial charge in [0.1, 0.15) is 14.0 Å². The second kappa shape index (κ2) is 4.11. The third-order valence-corrected chi connectivity index (χ3v) is 2.92.